The number of anilines is 2. The van der Waals surface area contributed by atoms with Crippen molar-refractivity contribution in [3.05, 3.63) is 37.7 Å². The van der Waals surface area contributed by atoms with Crippen LogP contribution in [0.2, 0.25) is 0 Å². The van der Waals surface area contributed by atoms with Gasteiger partial charge in [0, 0.05) is 11.9 Å². The van der Waals surface area contributed by atoms with Gasteiger partial charge in [-0.1, -0.05) is 6.92 Å². The van der Waals surface area contributed by atoms with Gasteiger partial charge in [-0.2, -0.15) is 4.98 Å². The van der Waals surface area contributed by atoms with Crippen molar-refractivity contribution in [2.24, 2.45) is 0 Å². The van der Waals surface area contributed by atoms with E-state index in [4.69, 9.17) is 0 Å². The first kappa shape index (κ1) is 15.2. The number of aromatic nitrogens is 2. The summed E-state index contributed by atoms with van der Waals surface area (Å²) in [4.78, 5) is 20.1. The summed E-state index contributed by atoms with van der Waals surface area (Å²) in [6.07, 6.45) is 0.938. The summed E-state index contributed by atoms with van der Waals surface area (Å²) in [6, 6.07) is 2.07. The third-order valence-corrected chi connectivity index (χ3v) is 4.06. The van der Waals surface area contributed by atoms with E-state index in [0.717, 1.165) is 11.3 Å². The highest BCUT2D eigenvalue weighted by Gasteiger charge is 2.21. The number of hydrogen-bond donors (Lipinski definition) is 2. The summed E-state index contributed by atoms with van der Waals surface area (Å²) in [7, 11) is 1.68. The quantitative estimate of drug-likeness (QED) is 0.629. The molecule has 0 bridgehead atoms. The Labute approximate surface area is 126 Å². The van der Waals surface area contributed by atoms with Gasteiger partial charge in [-0.15, -0.1) is 11.3 Å². The fourth-order valence-electron chi connectivity index (χ4n) is 2.02. The van der Waals surface area contributed by atoms with Gasteiger partial charge < -0.3 is 10.6 Å². The van der Waals surface area contributed by atoms with Gasteiger partial charge in [0.2, 0.25) is 11.8 Å². The maximum Gasteiger partial charge on any atom is 0.332 e. The molecule has 112 valence electrons. The predicted octanol–water partition coefficient (Wildman–Crippen LogP) is 2.97. The SMILES string of the molecule is CCc1ccsc1CNc1nc(NC)nc(C)c1[N+](=O)[O-]. The predicted molar refractivity (Wildman–Crippen MR) is 84.0 cm³/mol. The van der Waals surface area contributed by atoms with Crippen LogP contribution < -0.4 is 10.6 Å². The molecule has 0 amide bonds. The highest BCUT2D eigenvalue weighted by Crippen LogP contribution is 2.28. The molecule has 21 heavy (non-hydrogen) atoms. The number of aryl methyl sites for hydroxylation is 2. The van der Waals surface area contributed by atoms with Crippen LogP contribution in [0.15, 0.2) is 11.4 Å². The minimum atomic E-state index is -0.452. The Bertz CT molecular complexity index is 656. The number of nitrogens with one attached hydrogen (secondary N) is 2. The van der Waals surface area contributed by atoms with Gasteiger partial charge in [-0.3, -0.25) is 10.1 Å². The highest BCUT2D eigenvalue weighted by molar-refractivity contribution is 7.10. The molecule has 0 spiro atoms. The molecule has 0 aliphatic heterocycles. The van der Waals surface area contributed by atoms with Gasteiger partial charge in [-0.05, 0) is 30.4 Å². The van der Waals surface area contributed by atoms with Crippen molar-refractivity contribution in [2.75, 3.05) is 17.7 Å². The smallest absolute Gasteiger partial charge is 0.332 e. The standard InChI is InChI=1S/C13H17N5O2S/c1-4-9-5-6-21-10(9)7-15-12-11(18(19)20)8(2)16-13(14-3)17-12/h5-6H,4,7H2,1-3H3,(H2,14,15,16,17). The molecule has 0 aliphatic carbocycles. The zero-order chi connectivity index (χ0) is 15.4. The van der Waals surface area contributed by atoms with Crippen molar-refractivity contribution in [2.45, 2.75) is 26.8 Å². The third kappa shape index (κ3) is 3.27. The van der Waals surface area contributed by atoms with Crippen LogP contribution in [-0.2, 0) is 13.0 Å². The maximum absolute atomic E-state index is 11.2. The molecule has 2 N–H and O–H groups in total. The van der Waals surface area contributed by atoms with E-state index < -0.39 is 4.92 Å². The molecule has 0 aliphatic rings. The highest BCUT2D eigenvalue weighted by atomic mass is 32.1. The fourth-order valence-corrected chi connectivity index (χ4v) is 2.94. The minimum absolute atomic E-state index is 0.0800. The zero-order valence-corrected chi connectivity index (χ0v) is 13.0. The monoisotopic (exact) mass is 307 g/mol. The molecule has 2 aromatic rings. The van der Waals surface area contributed by atoms with Crippen LogP contribution in [0.1, 0.15) is 23.1 Å². The summed E-state index contributed by atoms with van der Waals surface area (Å²) >= 11 is 1.63. The molecule has 0 unspecified atom stereocenters. The van der Waals surface area contributed by atoms with Gasteiger partial charge in [0.05, 0.1) is 11.5 Å². The zero-order valence-electron chi connectivity index (χ0n) is 12.1. The third-order valence-electron chi connectivity index (χ3n) is 3.10. The minimum Gasteiger partial charge on any atom is -0.359 e. The molecule has 8 heteroatoms. The van der Waals surface area contributed by atoms with Gasteiger partial charge in [0.25, 0.3) is 0 Å². The summed E-state index contributed by atoms with van der Waals surface area (Å²) in [5, 5.41) is 19.1. The summed E-state index contributed by atoms with van der Waals surface area (Å²) in [5.41, 5.74) is 1.50. The van der Waals surface area contributed by atoms with E-state index in [1.807, 2.05) is 5.38 Å². The van der Waals surface area contributed by atoms with Gasteiger partial charge in [0.1, 0.15) is 5.69 Å². The molecular formula is C13H17N5O2S. The lowest BCUT2D eigenvalue weighted by molar-refractivity contribution is -0.385. The van der Waals surface area contributed by atoms with Crippen molar-refractivity contribution in [3.63, 3.8) is 0 Å². The van der Waals surface area contributed by atoms with Crippen molar-refractivity contribution >= 4 is 28.8 Å². The molecule has 0 saturated heterocycles. The molecule has 2 aromatic heterocycles. The molecule has 0 radical (unpaired) electrons. The summed E-state index contributed by atoms with van der Waals surface area (Å²) < 4.78 is 0. The van der Waals surface area contributed by atoms with Crippen molar-refractivity contribution in [1.29, 1.82) is 0 Å². The molecule has 0 saturated carbocycles. The van der Waals surface area contributed by atoms with Crippen LogP contribution in [0.5, 0.6) is 0 Å². The Morgan fingerprint density at radius 1 is 1.43 bits per heavy atom. The van der Waals surface area contributed by atoms with E-state index in [9.17, 15) is 10.1 Å². The van der Waals surface area contributed by atoms with E-state index in [1.54, 1.807) is 25.3 Å². The number of hydrogen-bond acceptors (Lipinski definition) is 7. The average Bonchev–Trinajstić information content (AvgIpc) is 2.91. The first-order valence-electron chi connectivity index (χ1n) is 6.56. The second kappa shape index (κ2) is 6.49. The number of rotatable bonds is 6. The van der Waals surface area contributed by atoms with Gasteiger partial charge in [0.15, 0.2) is 0 Å². The van der Waals surface area contributed by atoms with Crippen molar-refractivity contribution < 1.29 is 4.92 Å². The van der Waals surface area contributed by atoms with Crippen molar-refractivity contribution in [1.82, 2.24) is 9.97 Å². The molecule has 0 aromatic carbocycles. The lowest BCUT2D eigenvalue weighted by Crippen LogP contribution is -2.09. The maximum atomic E-state index is 11.2. The second-order valence-corrected chi connectivity index (χ2v) is 5.41. The Hall–Kier alpha value is -2.22. The van der Waals surface area contributed by atoms with Crippen LogP contribution in [0, 0.1) is 17.0 Å². The van der Waals surface area contributed by atoms with Crippen LogP contribution in [-0.4, -0.2) is 21.9 Å². The molecule has 0 fully saturated rings. The van der Waals surface area contributed by atoms with E-state index in [0.29, 0.717) is 18.2 Å². The van der Waals surface area contributed by atoms with Crippen molar-refractivity contribution in [3.8, 4) is 0 Å². The lowest BCUT2D eigenvalue weighted by atomic mass is 10.2. The van der Waals surface area contributed by atoms with E-state index in [2.05, 4.69) is 33.6 Å². The topological polar surface area (TPSA) is 93.0 Å². The normalized spacial score (nSPS) is 10.4. The van der Waals surface area contributed by atoms with Gasteiger partial charge >= 0.3 is 5.69 Å². The van der Waals surface area contributed by atoms with E-state index >= 15 is 0 Å². The molecule has 7 nitrogen and oxygen atoms in total. The Morgan fingerprint density at radius 2 is 2.19 bits per heavy atom. The van der Waals surface area contributed by atoms with Crippen LogP contribution in [0.3, 0.4) is 0 Å². The second-order valence-electron chi connectivity index (χ2n) is 4.41. The number of nitro groups is 1. The average molecular weight is 307 g/mol. The number of thiophene rings is 1. The summed E-state index contributed by atoms with van der Waals surface area (Å²) in [6.45, 7) is 4.21. The summed E-state index contributed by atoms with van der Waals surface area (Å²) in [5.74, 6) is 0.606. The van der Waals surface area contributed by atoms with Gasteiger partial charge in [-0.25, -0.2) is 4.98 Å². The van der Waals surface area contributed by atoms with E-state index in [-0.39, 0.29) is 11.5 Å². The first-order valence-corrected chi connectivity index (χ1v) is 7.44. The molecule has 2 heterocycles. The fraction of sp³-hybridized carbons (Fsp3) is 0.385. The molecule has 0 atom stereocenters. The number of nitrogens with zero attached hydrogens (tertiary/aromatic N) is 3. The van der Waals surface area contributed by atoms with Crippen LogP contribution in [0.4, 0.5) is 17.5 Å². The van der Waals surface area contributed by atoms with Crippen LogP contribution in [0.25, 0.3) is 0 Å². The Morgan fingerprint density at radius 3 is 2.81 bits per heavy atom. The Balaban J connectivity index is 2.30. The Kier molecular flexibility index (Phi) is 4.69. The first-order chi connectivity index (χ1) is 10.1. The van der Waals surface area contributed by atoms with E-state index in [1.165, 1.54) is 5.56 Å². The van der Waals surface area contributed by atoms with Crippen LogP contribution >= 0.6 is 11.3 Å². The molecule has 2 rings (SSSR count). The largest absolute Gasteiger partial charge is 0.359 e. The molecular weight excluding hydrogens is 290 g/mol. The lowest BCUT2D eigenvalue weighted by Gasteiger charge is -2.09.